The predicted molar refractivity (Wildman–Crippen MR) is 74.2 cm³/mol. The molecule has 0 aliphatic rings. The maximum Gasteiger partial charge on any atom is 0.235 e. The molecule has 0 aliphatic carbocycles. The van der Waals surface area contributed by atoms with Crippen LogP contribution in [0.4, 0.5) is 5.69 Å². The van der Waals surface area contributed by atoms with E-state index in [0.717, 1.165) is 10.6 Å². The van der Waals surface area contributed by atoms with Gasteiger partial charge in [-0.05, 0) is 18.2 Å². The van der Waals surface area contributed by atoms with Crippen molar-refractivity contribution in [2.45, 2.75) is 6.61 Å². The number of rotatable bonds is 3. The lowest BCUT2D eigenvalue weighted by Crippen LogP contribution is -1.97. The number of ether oxygens (including phenoxy) is 1. The van der Waals surface area contributed by atoms with E-state index in [1.807, 2.05) is 0 Å². The minimum Gasteiger partial charge on any atom is -0.399 e. The Hall–Kier alpha value is -1.70. The Morgan fingerprint density at radius 3 is 3.05 bits per heavy atom. The molecule has 0 aliphatic heterocycles. The van der Waals surface area contributed by atoms with Gasteiger partial charge in [0, 0.05) is 18.4 Å². The van der Waals surface area contributed by atoms with Crippen LogP contribution in [0.15, 0.2) is 18.2 Å². The third kappa shape index (κ3) is 2.16. The monoisotopic (exact) mass is 295 g/mol. The largest absolute Gasteiger partial charge is 0.399 e. The Kier molecular flexibility index (Phi) is 3.09. The molecule has 0 unspecified atom stereocenters. The van der Waals surface area contributed by atoms with Crippen molar-refractivity contribution < 1.29 is 4.74 Å². The molecule has 2 aromatic heterocycles. The van der Waals surface area contributed by atoms with E-state index in [0.29, 0.717) is 28.1 Å². The fourth-order valence-electron chi connectivity index (χ4n) is 1.69. The van der Waals surface area contributed by atoms with Crippen molar-refractivity contribution in [2.75, 3.05) is 12.8 Å². The van der Waals surface area contributed by atoms with E-state index in [4.69, 9.17) is 22.1 Å². The van der Waals surface area contributed by atoms with Crippen LogP contribution in [0.3, 0.4) is 0 Å². The number of nitrogens with two attached hydrogens (primary N) is 1. The number of methoxy groups -OCH3 is 1. The number of fused-ring (bicyclic) bond motifs is 1. The van der Waals surface area contributed by atoms with E-state index in [-0.39, 0.29) is 0 Å². The first-order valence-electron chi connectivity index (χ1n) is 5.44. The third-order valence-electron chi connectivity index (χ3n) is 2.55. The van der Waals surface area contributed by atoms with Crippen molar-refractivity contribution in [3.8, 4) is 10.6 Å². The zero-order valence-electron chi connectivity index (χ0n) is 10.00. The molecule has 0 fully saturated rings. The normalized spacial score (nSPS) is 11.3. The van der Waals surface area contributed by atoms with Gasteiger partial charge in [0.2, 0.25) is 4.96 Å². The van der Waals surface area contributed by atoms with Gasteiger partial charge in [0.1, 0.15) is 11.6 Å². The molecule has 98 valence electrons. The Labute approximate surface area is 117 Å². The SMILES string of the molecule is COCc1nnc2sc(-c3cc(N)ccc3Cl)nn12. The number of halogens is 1. The molecule has 0 amide bonds. The van der Waals surface area contributed by atoms with Crippen molar-refractivity contribution in [2.24, 2.45) is 0 Å². The molecule has 0 atom stereocenters. The number of nitrogen functional groups attached to an aromatic ring is 1. The average Bonchev–Trinajstić information content (AvgIpc) is 2.95. The summed E-state index contributed by atoms with van der Waals surface area (Å²) >= 11 is 7.57. The topological polar surface area (TPSA) is 78.3 Å². The van der Waals surface area contributed by atoms with Crippen LogP contribution >= 0.6 is 22.9 Å². The summed E-state index contributed by atoms with van der Waals surface area (Å²) in [6.07, 6.45) is 0. The van der Waals surface area contributed by atoms with E-state index >= 15 is 0 Å². The van der Waals surface area contributed by atoms with Gasteiger partial charge in [-0.2, -0.15) is 9.61 Å². The summed E-state index contributed by atoms with van der Waals surface area (Å²) in [5, 5.41) is 13.9. The second kappa shape index (κ2) is 4.76. The minimum atomic E-state index is 0.356. The number of benzene rings is 1. The first kappa shape index (κ1) is 12.3. The lowest BCUT2D eigenvalue weighted by atomic mass is 10.2. The quantitative estimate of drug-likeness (QED) is 0.750. The Morgan fingerprint density at radius 2 is 2.26 bits per heavy atom. The van der Waals surface area contributed by atoms with Crippen LogP contribution in [0, 0.1) is 0 Å². The molecule has 8 heteroatoms. The second-order valence-corrected chi connectivity index (χ2v) is 5.25. The van der Waals surface area contributed by atoms with Crippen molar-refractivity contribution in [1.82, 2.24) is 19.8 Å². The van der Waals surface area contributed by atoms with Crippen LogP contribution in [-0.4, -0.2) is 26.9 Å². The number of hydrogen-bond acceptors (Lipinski definition) is 6. The number of aromatic nitrogens is 4. The summed E-state index contributed by atoms with van der Waals surface area (Å²) < 4.78 is 6.70. The molecule has 6 nitrogen and oxygen atoms in total. The summed E-state index contributed by atoms with van der Waals surface area (Å²) in [4.78, 5) is 0.695. The average molecular weight is 296 g/mol. The van der Waals surface area contributed by atoms with Crippen molar-refractivity contribution in [3.05, 3.63) is 29.0 Å². The zero-order valence-corrected chi connectivity index (χ0v) is 11.6. The van der Waals surface area contributed by atoms with Crippen molar-refractivity contribution in [3.63, 3.8) is 0 Å². The molecule has 0 saturated heterocycles. The fraction of sp³-hybridized carbons (Fsp3) is 0.182. The van der Waals surface area contributed by atoms with Crippen LogP contribution in [-0.2, 0) is 11.3 Å². The summed E-state index contributed by atoms with van der Waals surface area (Å²) in [6.45, 7) is 0.356. The number of hydrogen-bond donors (Lipinski definition) is 1. The van der Waals surface area contributed by atoms with E-state index in [2.05, 4.69) is 15.3 Å². The molecule has 2 heterocycles. The molecule has 3 aromatic rings. The van der Waals surface area contributed by atoms with Gasteiger partial charge in [-0.3, -0.25) is 0 Å². The van der Waals surface area contributed by atoms with Crippen LogP contribution in [0.2, 0.25) is 5.02 Å². The lowest BCUT2D eigenvalue weighted by molar-refractivity contribution is 0.176. The highest BCUT2D eigenvalue weighted by atomic mass is 35.5. The van der Waals surface area contributed by atoms with Crippen LogP contribution < -0.4 is 5.73 Å². The van der Waals surface area contributed by atoms with Gasteiger partial charge in [0.15, 0.2) is 5.82 Å². The smallest absolute Gasteiger partial charge is 0.235 e. The van der Waals surface area contributed by atoms with Gasteiger partial charge in [-0.1, -0.05) is 22.9 Å². The van der Waals surface area contributed by atoms with E-state index in [1.165, 1.54) is 11.3 Å². The molecule has 1 aromatic carbocycles. The maximum atomic E-state index is 6.17. The van der Waals surface area contributed by atoms with Gasteiger partial charge in [-0.25, -0.2) is 0 Å². The first-order chi connectivity index (χ1) is 9.19. The molecular formula is C11H10ClN5OS. The van der Waals surface area contributed by atoms with Gasteiger partial charge < -0.3 is 10.5 Å². The maximum absolute atomic E-state index is 6.17. The molecule has 2 N–H and O–H groups in total. The van der Waals surface area contributed by atoms with Gasteiger partial charge in [0.05, 0.1) is 5.02 Å². The molecule has 0 bridgehead atoms. The first-order valence-corrected chi connectivity index (χ1v) is 6.64. The number of nitrogens with zero attached hydrogens (tertiary/aromatic N) is 4. The summed E-state index contributed by atoms with van der Waals surface area (Å²) in [5.74, 6) is 0.653. The molecule has 19 heavy (non-hydrogen) atoms. The molecule has 0 saturated carbocycles. The Balaban J connectivity index is 2.12. The van der Waals surface area contributed by atoms with Crippen molar-refractivity contribution in [1.29, 1.82) is 0 Å². The lowest BCUT2D eigenvalue weighted by Gasteiger charge is -2.00. The van der Waals surface area contributed by atoms with Gasteiger partial charge in [-0.15, -0.1) is 10.2 Å². The van der Waals surface area contributed by atoms with Gasteiger partial charge >= 0.3 is 0 Å². The second-order valence-electron chi connectivity index (χ2n) is 3.89. The highest BCUT2D eigenvalue weighted by Gasteiger charge is 2.14. The fourth-order valence-corrected chi connectivity index (χ4v) is 2.84. The summed E-state index contributed by atoms with van der Waals surface area (Å²) in [5.41, 5.74) is 7.21. The Bertz CT molecular complexity index is 738. The highest BCUT2D eigenvalue weighted by Crippen LogP contribution is 2.32. The van der Waals surface area contributed by atoms with Gasteiger partial charge in [0.25, 0.3) is 0 Å². The minimum absolute atomic E-state index is 0.356. The summed E-state index contributed by atoms with van der Waals surface area (Å²) in [7, 11) is 1.60. The van der Waals surface area contributed by atoms with Crippen molar-refractivity contribution >= 4 is 33.6 Å². The molecule has 0 spiro atoms. The van der Waals surface area contributed by atoms with Crippen LogP contribution in [0.5, 0.6) is 0 Å². The van der Waals surface area contributed by atoms with Crippen LogP contribution in [0.1, 0.15) is 5.82 Å². The summed E-state index contributed by atoms with van der Waals surface area (Å²) in [6, 6.07) is 5.30. The molecular weight excluding hydrogens is 286 g/mol. The molecule has 0 radical (unpaired) electrons. The van der Waals surface area contributed by atoms with E-state index in [1.54, 1.807) is 29.8 Å². The van der Waals surface area contributed by atoms with E-state index < -0.39 is 0 Å². The zero-order chi connectivity index (χ0) is 13.4. The third-order valence-corrected chi connectivity index (χ3v) is 3.81. The highest BCUT2D eigenvalue weighted by molar-refractivity contribution is 7.19. The molecule has 3 rings (SSSR count). The Morgan fingerprint density at radius 1 is 1.42 bits per heavy atom. The number of anilines is 1. The van der Waals surface area contributed by atoms with E-state index in [9.17, 15) is 0 Å². The predicted octanol–water partition coefficient (Wildman–Crippen LogP) is 2.23. The standard InChI is InChI=1S/C11H10ClN5OS/c1-18-5-9-14-15-11-17(9)16-10(19-11)7-4-6(13)2-3-8(7)12/h2-4H,5,13H2,1H3. The van der Waals surface area contributed by atoms with Crippen LogP contribution in [0.25, 0.3) is 15.5 Å².